The van der Waals surface area contributed by atoms with E-state index in [1.54, 1.807) is 18.7 Å². The fourth-order valence-electron chi connectivity index (χ4n) is 1.92. The number of pyridine rings is 1. The number of imidazole rings is 1. The summed E-state index contributed by atoms with van der Waals surface area (Å²) in [6, 6.07) is 13.8. The third-order valence-electron chi connectivity index (χ3n) is 2.79. The van der Waals surface area contributed by atoms with Crippen LogP contribution in [0.15, 0.2) is 61.2 Å². The van der Waals surface area contributed by atoms with Crippen LogP contribution in [0.5, 0.6) is 0 Å². The van der Waals surface area contributed by atoms with Crippen LogP contribution in [0, 0.1) is 0 Å². The highest BCUT2D eigenvalue weighted by Gasteiger charge is 2.09. The predicted octanol–water partition coefficient (Wildman–Crippen LogP) is 2.52. The van der Waals surface area contributed by atoms with Gasteiger partial charge in [0.15, 0.2) is 0 Å². The highest BCUT2D eigenvalue weighted by atomic mass is 15.1. The normalized spacial score (nSPS) is 10.4. The van der Waals surface area contributed by atoms with Crippen molar-refractivity contribution in [3.8, 4) is 16.9 Å². The maximum absolute atomic E-state index is 5.91. The van der Waals surface area contributed by atoms with E-state index in [4.69, 9.17) is 5.73 Å². The zero-order chi connectivity index (χ0) is 12.4. The van der Waals surface area contributed by atoms with Crippen LogP contribution in [0.1, 0.15) is 0 Å². The summed E-state index contributed by atoms with van der Waals surface area (Å²) in [6.45, 7) is 0. The third-order valence-corrected chi connectivity index (χ3v) is 2.79. The van der Waals surface area contributed by atoms with E-state index >= 15 is 0 Å². The van der Waals surface area contributed by atoms with Gasteiger partial charge in [-0.15, -0.1) is 0 Å². The van der Waals surface area contributed by atoms with E-state index in [9.17, 15) is 0 Å². The second kappa shape index (κ2) is 4.33. The van der Waals surface area contributed by atoms with Gasteiger partial charge in [0, 0.05) is 17.4 Å². The number of hydrogen-bond donors (Lipinski definition) is 1. The van der Waals surface area contributed by atoms with Crippen LogP contribution in [0.3, 0.4) is 0 Å². The zero-order valence-electron chi connectivity index (χ0n) is 9.69. The molecular formula is C14H12N4. The first-order valence-corrected chi connectivity index (χ1v) is 5.65. The lowest BCUT2D eigenvalue weighted by Crippen LogP contribution is -1.98. The Hall–Kier alpha value is -2.62. The molecule has 2 heterocycles. The standard InChI is InChI=1S/C14H12N4/c15-14-12(7-4-8-17-14)13-9-16-10-18(13)11-5-2-1-3-6-11/h1-10H,(H2,15,17). The number of nitrogens with two attached hydrogens (primary N) is 1. The molecule has 3 aromatic rings. The van der Waals surface area contributed by atoms with Gasteiger partial charge in [-0.25, -0.2) is 9.97 Å². The molecule has 0 saturated heterocycles. The van der Waals surface area contributed by atoms with E-state index in [-0.39, 0.29) is 0 Å². The number of rotatable bonds is 2. The number of aromatic nitrogens is 3. The molecule has 0 amide bonds. The first-order valence-electron chi connectivity index (χ1n) is 5.65. The van der Waals surface area contributed by atoms with Gasteiger partial charge in [-0.3, -0.25) is 4.57 Å². The third kappa shape index (κ3) is 1.73. The van der Waals surface area contributed by atoms with Gasteiger partial charge in [-0.1, -0.05) is 18.2 Å². The van der Waals surface area contributed by atoms with Crippen LogP contribution in [0.2, 0.25) is 0 Å². The van der Waals surface area contributed by atoms with Gasteiger partial charge in [0.25, 0.3) is 0 Å². The molecule has 3 rings (SSSR count). The van der Waals surface area contributed by atoms with E-state index in [1.807, 2.05) is 47.0 Å². The summed E-state index contributed by atoms with van der Waals surface area (Å²) >= 11 is 0. The summed E-state index contributed by atoms with van der Waals surface area (Å²) < 4.78 is 1.99. The van der Waals surface area contributed by atoms with Crippen LogP contribution < -0.4 is 5.73 Å². The SMILES string of the molecule is Nc1ncccc1-c1cncn1-c1ccccc1. The maximum atomic E-state index is 5.91. The molecule has 0 fully saturated rings. The van der Waals surface area contributed by atoms with E-state index < -0.39 is 0 Å². The summed E-state index contributed by atoms with van der Waals surface area (Å²) in [5, 5.41) is 0. The molecule has 0 spiro atoms. The monoisotopic (exact) mass is 236 g/mol. The first kappa shape index (κ1) is 10.5. The molecule has 88 valence electrons. The van der Waals surface area contributed by atoms with Gasteiger partial charge in [0.1, 0.15) is 5.82 Å². The highest BCUT2D eigenvalue weighted by Crippen LogP contribution is 2.25. The van der Waals surface area contributed by atoms with Gasteiger partial charge in [0.2, 0.25) is 0 Å². The van der Waals surface area contributed by atoms with Gasteiger partial charge in [-0.05, 0) is 24.3 Å². The molecule has 2 N–H and O–H groups in total. The summed E-state index contributed by atoms with van der Waals surface area (Å²) in [5.74, 6) is 0.509. The second-order valence-corrected chi connectivity index (χ2v) is 3.92. The Bertz CT molecular complexity index is 658. The fourth-order valence-corrected chi connectivity index (χ4v) is 1.92. The molecule has 0 aliphatic rings. The second-order valence-electron chi connectivity index (χ2n) is 3.92. The zero-order valence-corrected chi connectivity index (χ0v) is 9.69. The molecule has 0 radical (unpaired) electrons. The minimum atomic E-state index is 0.509. The average molecular weight is 236 g/mol. The largest absolute Gasteiger partial charge is 0.383 e. The minimum absolute atomic E-state index is 0.509. The van der Waals surface area contributed by atoms with Crippen molar-refractivity contribution in [3.63, 3.8) is 0 Å². The number of para-hydroxylation sites is 1. The molecule has 0 aliphatic heterocycles. The van der Waals surface area contributed by atoms with Crippen molar-refractivity contribution in [1.29, 1.82) is 0 Å². The lowest BCUT2D eigenvalue weighted by molar-refractivity contribution is 1.06. The molecule has 4 heteroatoms. The summed E-state index contributed by atoms with van der Waals surface area (Å²) in [6.07, 6.45) is 5.25. The molecule has 0 atom stereocenters. The molecule has 2 aromatic heterocycles. The molecule has 0 unspecified atom stereocenters. The van der Waals surface area contributed by atoms with Crippen molar-refractivity contribution in [1.82, 2.24) is 14.5 Å². The van der Waals surface area contributed by atoms with Crippen molar-refractivity contribution >= 4 is 5.82 Å². The van der Waals surface area contributed by atoms with Gasteiger partial charge in [-0.2, -0.15) is 0 Å². The Morgan fingerprint density at radius 3 is 2.61 bits per heavy atom. The molecule has 0 bridgehead atoms. The van der Waals surface area contributed by atoms with E-state index in [2.05, 4.69) is 9.97 Å². The van der Waals surface area contributed by atoms with Crippen LogP contribution in [-0.2, 0) is 0 Å². The Labute approximate surface area is 105 Å². The minimum Gasteiger partial charge on any atom is -0.383 e. The van der Waals surface area contributed by atoms with E-state index in [0.29, 0.717) is 5.82 Å². The average Bonchev–Trinajstić information content (AvgIpc) is 2.89. The number of hydrogen-bond acceptors (Lipinski definition) is 3. The number of nitrogens with zero attached hydrogens (tertiary/aromatic N) is 3. The number of benzene rings is 1. The molecule has 4 nitrogen and oxygen atoms in total. The summed E-state index contributed by atoms with van der Waals surface area (Å²) in [5.41, 5.74) is 8.78. The number of anilines is 1. The van der Waals surface area contributed by atoms with Gasteiger partial charge >= 0.3 is 0 Å². The van der Waals surface area contributed by atoms with E-state index in [0.717, 1.165) is 16.9 Å². The smallest absolute Gasteiger partial charge is 0.132 e. The van der Waals surface area contributed by atoms with Crippen LogP contribution in [0.25, 0.3) is 16.9 Å². The molecule has 0 aliphatic carbocycles. The van der Waals surface area contributed by atoms with Gasteiger partial charge in [0.05, 0.1) is 18.2 Å². The summed E-state index contributed by atoms with van der Waals surface area (Å²) in [7, 11) is 0. The van der Waals surface area contributed by atoms with Crippen LogP contribution in [0.4, 0.5) is 5.82 Å². The Morgan fingerprint density at radius 1 is 1.00 bits per heavy atom. The van der Waals surface area contributed by atoms with Crippen molar-refractivity contribution in [2.45, 2.75) is 0 Å². The molecule has 0 saturated carbocycles. The van der Waals surface area contributed by atoms with E-state index in [1.165, 1.54) is 0 Å². The molecule has 18 heavy (non-hydrogen) atoms. The highest BCUT2D eigenvalue weighted by molar-refractivity contribution is 5.71. The maximum Gasteiger partial charge on any atom is 0.132 e. The Morgan fingerprint density at radius 2 is 1.83 bits per heavy atom. The van der Waals surface area contributed by atoms with Crippen molar-refractivity contribution in [2.24, 2.45) is 0 Å². The predicted molar refractivity (Wildman–Crippen MR) is 71.2 cm³/mol. The lowest BCUT2D eigenvalue weighted by Gasteiger charge is -2.09. The van der Waals surface area contributed by atoms with Crippen LogP contribution in [-0.4, -0.2) is 14.5 Å². The van der Waals surface area contributed by atoms with Crippen molar-refractivity contribution in [2.75, 3.05) is 5.73 Å². The Balaban J connectivity index is 2.16. The van der Waals surface area contributed by atoms with Crippen LogP contribution >= 0.6 is 0 Å². The quantitative estimate of drug-likeness (QED) is 0.743. The molecular weight excluding hydrogens is 224 g/mol. The lowest BCUT2D eigenvalue weighted by atomic mass is 10.2. The van der Waals surface area contributed by atoms with Crippen molar-refractivity contribution in [3.05, 3.63) is 61.2 Å². The fraction of sp³-hybridized carbons (Fsp3) is 0. The number of nitrogen functional groups attached to an aromatic ring is 1. The van der Waals surface area contributed by atoms with Gasteiger partial charge < -0.3 is 5.73 Å². The Kier molecular flexibility index (Phi) is 2.53. The summed E-state index contributed by atoms with van der Waals surface area (Å²) in [4.78, 5) is 8.30. The topological polar surface area (TPSA) is 56.7 Å². The van der Waals surface area contributed by atoms with Crippen molar-refractivity contribution < 1.29 is 0 Å². The first-order chi connectivity index (χ1) is 8.86. The molecule has 1 aromatic carbocycles.